The van der Waals surface area contributed by atoms with E-state index in [1.165, 1.54) is 0 Å². The smallest absolute Gasteiger partial charge is 0.358 e. The Hall–Kier alpha value is -4.61. The minimum Gasteiger partial charge on any atom is -0.450 e. The van der Waals surface area contributed by atoms with Gasteiger partial charge in [-0.05, 0) is 39.5 Å². The van der Waals surface area contributed by atoms with Gasteiger partial charge in [0.25, 0.3) is 13.9 Å². The van der Waals surface area contributed by atoms with Crippen LogP contribution in [0.25, 0.3) is 0 Å². The molecule has 8 nitrogen and oxygen atoms in total. The number of para-hydroxylation sites is 1. The van der Waals surface area contributed by atoms with Crippen LogP contribution in [0.4, 0.5) is 0 Å². The molecule has 1 saturated heterocycles. The Morgan fingerprint density at radius 3 is 1.96 bits per heavy atom. The van der Waals surface area contributed by atoms with E-state index in [2.05, 4.69) is 50.0 Å². The molecule has 4 aromatic carbocycles. The van der Waals surface area contributed by atoms with E-state index in [9.17, 15) is 9.59 Å². The van der Waals surface area contributed by atoms with Crippen LogP contribution in [0, 0.1) is 0 Å². The van der Waals surface area contributed by atoms with Crippen LogP contribution in [0.3, 0.4) is 0 Å². The lowest BCUT2D eigenvalue weighted by atomic mass is 10.0. The zero-order chi connectivity index (χ0) is 36.0. The van der Waals surface area contributed by atoms with E-state index >= 15 is 0 Å². The average Bonchev–Trinajstić information content (AvgIpc) is 3.51. The van der Waals surface area contributed by atoms with Gasteiger partial charge in [0.1, 0.15) is 24.2 Å². The minimum atomic E-state index is -2.96. The normalized spacial score (nSPS) is 17.6. The molecular formula is C41H44N2O6SSi. The first kappa shape index (κ1) is 36.2. The topological polar surface area (TPSA) is 91.8 Å². The van der Waals surface area contributed by atoms with Crippen molar-refractivity contribution in [3.8, 4) is 5.75 Å². The van der Waals surface area contributed by atoms with Gasteiger partial charge in [0.15, 0.2) is 0 Å². The molecule has 1 aliphatic heterocycles. The van der Waals surface area contributed by atoms with Crippen molar-refractivity contribution in [2.45, 2.75) is 70.4 Å². The third-order valence-electron chi connectivity index (χ3n) is 9.46. The Kier molecular flexibility index (Phi) is 11.2. The van der Waals surface area contributed by atoms with Gasteiger partial charge >= 0.3 is 10.9 Å². The lowest BCUT2D eigenvalue weighted by molar-refractivity contribution is -0.0431. The summed E-state index contributed by atoms with van der Waals surface area (Å²) in [5, 5.41) is 1.93. The zero-order valence-corrected chi connectivity index (χ0v) is 31.2. The number of benzene rings is 4. The van der Waals surface area contributed by atoms with E-state index in [1.807, 2.05) is 91.9 Å². The van der Waals surface area contributed by atoms with E-state index < -0.39 is 32.4 Å². The highest BCUT2D eigenvalue weighted by atomic mass is 32.1. The van der Waals surface area contributed by atoms with Crippen LogP contribution in [0.1, 0.15) is 57.2 Å². The van der Waals surface area contributed by atoms with Crippen molar-refractivity contribution in [3.63, 3.8) is 0 Å². The van der Waals surface area contributed by atoms with E-state index in [0.29, 0.717) is 29.8 Å². The fourth-order valence-corrected chi connectivity index (χ4v) is 11.9. The van der Waals surface area contributed by atoms with Crippen molar-refractivity contribution in [2.24, 2.45) is 0 Å². The second kappa shape index (κ2) is 15.7. The molecule has 0 aliphatic carbocycles. The molecule has 1 aliphatic rings. The van der Waals surface area contributed by atoms with E-state index in [-0.39, 0.29) is 28.9 Å². The summed E-state index contributed by atoms with van der Waals surface area (Å²) in [4.78, 5) is 29.3. The van der Waals surface area contributed by atoms with Crippen molar-refractivity contribution >= 4 is 36.1 Å². The number of hydrogen-bond acceptors (Lipinski definition) is 7. The number of nitrogens with one attached hydrogen (secondary N) is 1. The van der Waals surface area contributed by atoms with E-state index in [0.717, 1.165) is 15.9 Å². The van der Waals surface area contributed by atoms with Gasteiger partial charge < -0.3 is 18.6 Å². The standard InChI is InChI=1S/C41H44N2O6SSi/c1-5-33-34(26-29-18-10-6-11-19-29)43(39(45)42-38(33)44)37-27-35(49-40(50)47-30-20-12-7-13-21-30)36(48-37)28-46-51(41(2,3)4,31-22-14-8-15-23-31)32-24-16-9-17-25-32/h6-25,35-37H,5,26-28H2,1-4H3,(H,42,44,45)/t35-,36+,37-/m0/s1. The molecule has 51 heavy (non-hydrogen) atoms. The SMILES string of the molecule is CCc1c(Cc2ccccc2)n([C@@H]2C[C@H](OC(=S)Oc3ccccc3)[C@@H](CO[Si](c3ccccc3)(c3ccccc3)C(C)(C)C)O2)c(=O)[nH]c1=O. The maximum absolute atomic E-state index is 13.7. The van der Waals surface area contributed by atoms with Crippen molar-refractivity contribution in [1.29, 1.82) is 0 Å². The molecule has 0 radical (unpaired) electrons. The maximum Gasteiger partial charge on any atom is 0.358 e. The second-order valence-corrected chi connectivity index (χ2v) is 18.4. The van der Waals surface area contributed by atoms with E-state index in [4.69, 9.17) is 30.9 Å². The number of thiocarbonyl (C=S) groups is 1. The Labute approximate surface area is 305 Å². The summed E-state index contributed by atoms with van der Waals surface area (Å²) in [5.41, 5.74) is 1.19. The van der Waals surface area contributed by atoms with Gasteiger partial charge in [0.05, 0.1) is 6.61 Å². The number of aromatic nitrogens is 2. The first-order chi connectivity index (χ1) is 24.6. The number of hydrogen-bond donors (Lipinski definition) is 1. The summed E-state index contributed by atoms with van der Waals surface area (Å²) >= 11 is 5.60. The number of ether oxygens (including phenoxy) is 3. The van der Waals surface area contributed by atoms with Gasteiger partial charge in [-0.15, -0.1) is 0 Å². The van der Waals surface area contributed by atoms with Gasteiger partial charge in [0, 0.05) is 36.3 Å². The Bertz CT molecular complexity index is 1990. The average molecular weight is 721 g/mol. The van der Waals surface area contributed by atoms with Gasteiger partial charge in [-0.25, -0.2) is 4.79 Å². The summed E-state index contributed by atoms with van der Waals surface area (Å²) < 4.78 is 27.9. The van der Waals surface area contributed by atoms with Crippen molar-refractivity contribution < 1.29 is 18.6 Å². The van der Waals surface area contributed by atoms with Crippen LogP contribution in [0.2, 0.25) is 5.04 Å². The lowest BCUT2D eigenvalue weighted by Crippen LogP contribution is -2.67. The van der Waals surface area contributed by atoms with Crippen LogP contribution < -0.4 is 26.4 Å². The van der Waals surface area contributed by atoms with E-state index in [1.54, 1.807) is 16.7 Å². The largest absolute Gasteiger partial charge is 0.450 e. The van der Waals surface area contributed by atoms with Crippen molar-refractivity contribution in [3.05, 3.63) is 159 Å². The maximum atomic E-state index is 13.7. The Morgan fingerprint density at radius 2 is 1.41 bits per heavy atom. The highest BCUT2D eigenvalue weighted by Crippen LogP contribution is 2.39. The fraction of sp³-hybridized carbons (Fsp3) is 0.293. The molecule has 0 unspecified atom stereocenters. The molecule has 1 fully saturated rings. The van der Waals surface area contributed by atoms with Gasteiger partial charge in [-0.1, -0.05) is 137 Å². The Morgan fingerprint density at radius 1 is 0.863 bits per heavy atom. The minimum absolute atomic E-state index is 0.0570. The van der Waals surface area contributed by atoms with Crippen molar-refractivity contribution in [1.82, 2.24) is 9.55 Å². The molecule has 10 heteroatoms. The lowest BCUT2D eigenvalue weighted by Gasteiger charge is -2.43. The summed E-state index contributed by atoms with van der Waals surface area (Å²) in [5.74, 6) is 0.549. The molecule has 5 aromatic rings. The van der Waals surface area contributed by atoms with Crippen molar-refractivity contribution in [2.75, 3.05) is 6.61 Å². The highest BCUT2D eigenvalue weighted by molar-refractivity contribution is 7.79. The summed E-state index contributed by atoms with van der Waals surface area (Å²) in [6, 6.07) is 39.8. The monoisotopic (exact) mass is 720 g/mol. The molecule has 0 bridgehead atoms. The predicted molar refractivity (Wildman–Crippen MR) is 207 cm³/mol. The summed E-state index contributed by atoms with van der Waals surface area (Å²) in [7, 11) is -2.96. The van der Waals surface area contributed by atoms with Crippen LogP contribution in [-0.4, -0.2) is 41.9 Å². The summed E-state index contributed by atoms with van der Waals surface area (Å²) in [6.45, 7) is 8.73. The summed E-state index contributed by atoms with van der Waals surface area (Å²) in [6.07, 6.45) is -0.937. The van der Waals surface area contributed by atoms with Crippen LogP contribution in [0.15, 0.2) is 131 Å². The first-order valence-corrected chi connectivity index (χ1v) is 19.7. The molecule has 3 atom stereocenters. The Balaban J connectivity index is 1.39. The predicted octanol–water partition coefficient (Wildman–Crippen LogP) is 6.30. The molecule has 6 rings (SSSR count). The fourth-order valence-electron chi connectivity index (χ4n) is 7.12. The van der Waals surface area contributed by atoms with Crippen LogP contribution in [-0.2, 0) is 26.7 Å². The molecule has 2 heterocycles. The molecular weight excluding hydrogens is 677 g/mol. The molecule has 0 spiro atoms. The number of rotatable bonds is 11. The van der Waals surface area contributed by atoms with Crippen LogP contribution >= 0.6 is 12.2 Å². The molecule has 264 valence electrons. The first-order valence-electron chi connectivity index (χ1n) is 17.3. The van der Waals surface area contributed by atoms with Gasteiger partial charge in [0.2, 0.25) is 0 Å². The van der Waals surface area contributed by atoms with Gasteiger partial charge in [-0.2, -0.15) is 0 Å². The highest BCUT2D eigenvalue weighted by Gasteiger charge is 2.51. The number of aromatic amines is 1. The quantitative estimate of drug-likeness (QED) is 0.127. The van der Waals surface area contributed by atoms with Gasteiger partial charge in [-0.3, -0.25) is 14.3 Å². The number of nitrogens with zero attached hydrogens (tertiary/aromatic N) is 1. The number of H-pyrrole nitrogens is 1. The second-order valence-electron chi connectivity index (χ2n) is 13.7. The van der Waals surface area contributed by atoms with Crippen LogP contribution in [0.5, 0.6) is 5.75 Å². The molecule has 1 aromatic heterocycles. The third kappa shape index (κ3) is 7.84. The zero-order valence-electron chi connectivity index (χ0n) is 29.4. The third-order valence-corrected chi connectivity index (χ3v) is 14.6. The molecule has 0 amide bonds. The molecule has 1 N–H and O–H groups in total. The molecule has 0 saturated carbocycles.